The molecule has 0 bridgehead atoms. The average molecular weight is 320 g/mol. The lowest BCUT2D eigenvalue weighted by molar-refractivity contribution is 0.304. The first-order valence-corrected chi connectivity index (χ1v) is 8.70. The van der Waals surface area contributed by atoms with Gasteiger partial charge in [0.2, 0.25) is 4.96 Å². The van der Waals surface area contributed by atoms with Crippen LogP contribution in [-0.4, -0.2) is 25.6 Å². The minimum absolute atomic E-state index is 0.456. The summed E-state index contributed by atoms with van der Waals surface area (Å²) in [7, 11) is 0. The summed E-state index contributed by atoms with van der Waals surface area (Å²) >= 11 is 3.33. The van der Waals surface area contributed by atoms with Crippen LogP contribution in [0.3, 0.4) is 0 Å². The first kappa shape index (κ1) is 14.3. The topological polar surface area (TPSA) is 52.3 Å². The van der Waals surface area contributed by atoms with E-state index in [0.29, 0.717) is 6.61 Å². The fourth-order valence-electron chi connectivity index (χ4n) is 1.82. The number of hydrogen-bond donors (Lipinski definition) is 0. The second-order valence-electron chi connectivity index (χ2n) is 4.55. The Hall–Kier alpha value is -1.60. The van der Waals surface area contributed by atoms with E-state index < -0.39 is 0 Å². The van der Waals surface area contributed by atoms with Crippen molar-refractivity contribution in [3.8, 4) is 5.75 Å². The van der Waals surface area contributed by atoms with E-state index in [-0.39, 0.29) is 0 Å². The highest BCUT2D eigenvalue weighted by molar-refractivity contribution is 7.98. The third kappa shape index (κ3) is 3.36. The first-order valence-electron chi connectivity index (χ1n) is 6.73. The van der Waals surface area contributed by atoms with Crippen LogP contribution < -0.4 is 4.74 Å². The first-order chi connectivity index (χ1) is 10.3. The van der Waals surface area contributed by atoms with Crippen LogP contribution in [0.4, 0.5) is 0 Å². The predicted molar refractivity (Wildman–Crippen MR) is 86.0 cm³/mol. The molecule has 21 heavy (non-hydrogen) atoms. The van der Waals surface area contributed by atoms with Gasteiger partial charge in [-0.25, -0.2) is 0 Å². The Labute approximate surface area is 131 Å². The van der Waals surface area contributed by atoms with Gasteiger partial charge in [0.15, 0.2) is 10.8 Å². The number of fused-ring (bicyclic) bond motifs is 1. The van der Waals surface area contributed by atoms with E-state index in [9.17, 15) is 0 Å². The van der Waals surface area contributed by atoms with E-state index >= 15 is 0 Å². The van der Waals surface area contributed by atoms with Crippen LogP contribution in [0, 0.1) is 6.92 Å². The van der Waals surface area contributed by atoms with Gasteiger partial charge in [-0.15, -0.1) is 10.2 Å². The molecule has 7 heteroatoms. The standard InChI is InChI=1S/C14H16N4OS2/c1-3-20-9-12-15-16-14-18(12)17-13(21-14)8-19-11-6-4-10(2)5-7-11/h4-7H,3,8-9H2,1-2H3. The Morgan fingerprint density at radius 3 is 2.81 bits per heavy atom. The third-order valence-electron chi connectivity index (χ3n) is 2.92. The van der Waals surface area contributed by atoms with E-state index in [1.807, 2.05) is 40.5 Å². The molecule has 0 radical (unpaired) electrons. The quantitative estimate of drug-likeness (QED) is 0.697. The van der Waals surface area contributed by atoms with Gasteiger partial charge >= 0.3 is 0 Å². The lowest BCUT2D eigenvalue weighted by atomic mass is 10.2. The summed E-state index contributed by atoms with van der Waals surface area (Å²) in [5, 5.41) is 13.8. The Morgan fingerprint density at radius 2 is 2.05 bits per heavy atom. The largest absolute Gasteiger partial charge is 0.486 e. The molecule has 0 aliphatic rings. The molecule has 2 heterocycles. The van der Waals surface area contributed by atoms with Crippen molar-refractivity contribution in [3.63, 3.8) is 0 Å². The maximum atomic E-state index is 5.75. The number of thioether (sulfide) groups is 1. The Bertz CT molecular complexity index is 720. The van der Waals surface area contributed by atoms with E-state index in [1.54, 1.807) is 0 Å². The molecule has 0 aliphatic carbocycles. The summed E-state index contributed by atoms with van der Waals surface area (Å²) in [6.07, 6.45) is 0. The fourth-order valence-corrected chi connectivity index (χ4v) is 3.15. The van der Waals surface area contributed by atoms with Crippen molar-refractivity contribution < 1.29 is 4.74 Å². The van der Waals surface area contributed by atoms with Gasteiger partial charge in [-0.05, 0) is 24.8 Å². The smallest absolute Gasteiger partial charge is 0.234 e. The van der Waals surface area contributed by atoms with Crippen LogP contribution >= 0.6 is 23.1 Å². The van der Waals surface area contributed by atoms with Gasteiger partial charge in [0, 0.05) is 0 Å². The minimum Gasteiger partial charge on any atom is -0.486 e. The number of benzene rings is 1. The summed E-state index contributed by atoms with van der Waals surface area (Å²) in [5.41, 5.74) is 1.22. The van der Waals surface area contributed by atoms with Gasteiger partial charge in [-0.3, -0.25) is 0 Å². The molecule has 0 saturated carbocycles. The van der Waals surface area contributed by atoms with E-state index in [2.05, 4.69) is 29.1 Å². The SMILES string of the molecule is CCSCc1nnc2sc(COc3ccc(C)cc3)nn12. The lowest BCUT2D eigenvalue weighted by Crippen LogP contribution is -1.98. The monoisotopic (exact) mass is 320 g/mol. The number of hydrogen-bond acceptors (Lipinski definition) is 6. The van der Waals surface area contributed by atoms with Gasteiger partial charge in [-0.2, -0.15) is 21.4 Å². The van der Waals surface area contributed by atoms with Crippen molar-refractivity contribution in [3.05, 3.63) is 40.7 Å². The van der Waals surface area contributed by atoms with Crippen molar-refractivity contribution in [2.24, 2.45) is 0 Å². The van der Waals surface area contributed by atoms with Gasteiger partial charge in [-0.1, -0.05) is 36.0 Å². The van der Waals surface area contributed by atoms with Crippen LogP contribution in [0.2, 0.25) is 0 Å². The molecule has 0 fully saturated rings. The zero-order valence-electron chi connectivity index (χ0n) is 11.9. The Balaban J connectivity index is 1.69. The van der Waals surface area contributed by atoms with Crippen molar-refractivity contribution in [1.29, 1.82) is 0 Å². The number of aromatic nitrogens is 4. The van der Waals surface area contributed by atoms with Gasteiger partial charge < -0.3 is 4.74 Å². The maximum Gasteiger partial charge on any atom is 0.234 e. The molecule has 1 aromatic carbocycles. The van der Waals surface area contributed by atoms with Gasteiger partial charge in [0.1, 0.15) is 12.4 Å². The van der Waals surface area contributed by atoms with Crippen LogP contribution in [0.5, 0.6) is 5.75 Å². The van der Waals surface area contributed by atoms with Crippen molar-refractivity contribution >= 4 is 28.1 Å². The van der Waals surface area contributed by atoms with Crippen LogP contribution in [0.25, 0.3) is 4.96 Å². The Morgan fingerprint density at radius 1 is 1.24 bits per heavy atom. The molecule has 0 amide bonds. The highest BCUT2D eigenvalue weighted by atomic mass is 32.2. The molecule has 110 valence electrons. The molecule has 2 aromatic heterocycles. The number of nitrogens with zero attached hydrogens (tertiary/aromatic N) is 4. The molecular weight excluding hydrogens is 304 g/mol. The van der Waals surface area contributed by atoms with E-state index in [1.165, 1.54) is 16.9 Å². The normalized spacial score (nSPS) is 11.1. The highest BCUT2D eigenvalue weighted by Gasteiger charge is 2.11. The van der Waals surface area contributed by atoms with Gasteiger partial charge in [0.25, 0.3) is 0 Å². The second-order valence-corrected chi connectivity index (χ2v) is 6.86. The highest BCUT2D eigenvalue weighted by Crippen LogP contribution is 2.19. The predicted octanol–water partition coefficient (Wildman–Crippen LogP) is 3.33. The van der Waals surface area contributed by atoms with E-state index in [0.717, 1.165) is 33.0 Å². The molecule has 0 N–H and O–H groups in total. The van der Waals surface area contributed by atoms with Crippen LogP contribution in [0.15, 0.2) is 24.3 Å². The third-order valence-corrected chi connectivity index (χ3v) is 4.66. The summed E-state index contributed by atoms with van der Waals surface area (Å²) in [6, 6.07) is 8.01. The van der Waals surface area contributed by atoms with Crippen LogP contribution in [0.1, 0.15) is 23.3 Å². The maximum absolute atomic E-state index is 5.75. The summed E-state index contributed by atoms with van der Waals surface area (Å²) in [6.45, 7) is 4.64. The molecule has 0 spiro atoms. The molecule has 0 saturated heterocycles. The van der Waals surface area contributed by atoms with Crippen molar-refractivity contribution in [2.75, 3.05) is 5.75 Å². The summed E-state index contributed by atoms with van der Waals surface area (Å²) in [4.78, 5) is 0.823. The minimum atomic E-state index is 0.456. The number of aryl methyl sites for hydroxylation is 1. The van der Waals surface area contributed by atoms with Crippen molar-refractivity contribution in [1.82, 2.24) is 19.8 Å². The summed E-state index contributed by atoms with van der Waals surface area (Å²) < 4.78 is 7.57. The van der Waals surface area contributed by atoms with E-state index in [4.69, 9.17) is 4.74 Å². The van der Waals surface area contributed by atoms with Crippen LogP contribution in [-0.2, 0) is 12.4 Å². The average Bonchev–Trinajstić information content (AvgIpc) is 3.05. The summed E-state index contributed by atoms with van der Waals surface area (Å²) in [5.74, 6) is 3.64. The Kier molecular flexibility index (Phi) is 4.40. The fraction of sp³-hybridized carbons (Fsp3) is 0.357. The molecule has 5 nitrogen and oxygen atoms in total. The zero-order valence-corrected chi connectivity index (χ0v) is 13.6. The molecule has 3 aromatic rings. The molecule has 0 aliphatic heterocycles. The molecule has 0 atom stereocenters. The lowest BCUT2D eigenvalue weighted by Gasteiger charge is -2.03. The molecule has 0 unspecified atom stereocenters. The number of rotatable bonds is 6. The zero-order chi connectivity index (χ0) is 14.7. The van der Waals surface area contributed by atoms with Gasteiger partial charge in [0.05, 0.1) is 5.75 Å². The number of ether oxygens (including phenoxy) is 1. The second kappa shape index (κ2) is 6.44. The molecular formula is C14H16N4OS2. The van der Waals surface area contributed by atoms with Crippen molar-refractivity contribution in [2.45, 2.75) is 26.2 Å². The molecule has 3 rings (SSSR count).